The van der Waals surface area contributed by atoms with E-state index in [1.54, 1.807) is 0 Å². The van der Waals surface area contributed by atoms with Gasteiger partial charge in [-0.05, 0) is 25.8 Å². The van der Waals surface area contributed by atoms with E-state index in [9.17, 15) is 4.79 Å². The number of hydrogen-bond donors (Lipinski definition) is 2. The molecule has 0 radical (unpaired) electrons. The van der Waals surface area contributed by atoms with Crippen molar-refractivity contribution in [3.05, 3.63) is 0 Å². The lowest BCUT2D eigenvalue weighted by atomic mass is 9.99. The van der Waals surface area contributed by atoms with Crippen LogP contribution in [0.25, 0.3) is 0 Å². The third-order valence-corrected chi connectivity index (χ3v) is 2.46. The summed E-state index contributed by atoms with van der Waals surface area (Å²) in [5.74, 6) is 0.861. The third kappa shape index (κ3) is 3.35. The van der Waals surface area contributed by atoms with E-state index in [1.807, 2.05) is 0 Å². The number of carbonyl (C=O) groups excluding carboxylic acids is 1. The number of piperidine rings is 1. The first kappa shape index (κ1) is 10.5. The fourth-order valence-electron chi connectivity index (χ4n) is 1.63. The second kappa shape index (κ2) is 4.61. The maximum Gasteiger partial charge on any atom is 0.220 e. The molecule has 0 saturated carbocycles. The van der Waals surface area contributed by atoms with E-state index in [0.717, 1.165) is 13.0 Å². The van der Waals surface area contributed by atoms with Crippen molar-refractivity contribution in [3.63, 3.8) is 0 Å². The molecule has 1 rings (SSSR count). The molecule has 2 N–H and O–H groups in total. The van der Waals surface area contributed by atoms with Gasteiger partial charge in [-0.15, -0.1) is 0 Å². The lowest BCUT2D eigenvalue weighted by Gasteiger charge is -2.30. The highest BCUT2D eigenvalue weighted by Crippen LogP contribution is 2.09. The fourth-order valence-corrected chi connectivity index (χ4v) is 1.63. The van der Waals surface area contributed by atoms with Gasteiger partial charge in [0.2, 0.25) is 5.91 Å². The predicted molar refractivity (Wildman–Crippen MR) is 53.5 cm³/mol. The molecule has 0 bridgehead atoms. The molecule has 3 nitrogen and oxygen atoms in total. The van der Waals surface area contributed by atoms with E-state index < -0.39 is 0 Å². The first-order valence-electron chi connectivity index (χ1n) is 5.12. The summed E-state index contributed by atoms with van der Waals surface area (Å²) in [4.78, 5) is 11.0. The minimum Gasteiger partial charge on any atom is -0.352 e. The Labute approximate surface area is 80.3 Å². The molecule has 0 aliphatic carbocycles. The van der Waals surface area contributed by atoms with Crippen molar-refractivity contribution in [3.8, 4) is 0 Å². The van der Waals surface area contributed by atoms with Crippen LogP contribution in [0.1, 0.15) is 33.6 Å². The second-order valence-electron chi connectivity index (χ2n) is 4.30. The molecule has 76 valence electrons. The smallest absolute Gasteiger partial charge is 0.220 e. The summed E-state index contributed by atoms with van der Waals surface area (Å²) in [6.45, 7) is 7.48. The van der Waals surface area contributed by atoms with Crippen LogP contribution >= 0.6 is 0 Å². The molecule has 2 unspecified atom stereocenters. The van der Waals surface area contributed by atoms with E-state index >= 15 is 0 Å². The van der Waals surface area contributed by atoms with Crippen molar-refractivity contribution in [1.29, 1.82) is 0 Å². The number of rotatable bonds is 3. The molecule has 3 heteroatoms. The third-order valence-electron chi connectivity index (χ3n) is 2.46. The number of nitrogens with one attached hydrogen (secondary N) is 2. The summed E-state index contributed by atoms with van der Waals surface area (Å²) in [6.07, 6.45) is 1.64. The largest absolute Gasteiger partial charge is 0.352 e. The molecule has 1 aliphatic heterocycles. The summed E-state index contributed by atoms with van der Waals surface area (Å²) in [6, 6.07) is 0.736. The van der Waals surface area contributed by atoms with Gasteiger partial charge < -0.3 is 10.6 Å². The van der Waals surface area contributed by atoms with Crippen molar-refractivity contribution in [2.24, 2.45) is 5.92 Å². The second-order valence-corrected chi connectivity index (χ2v) is 4.30. The minimum absolute atomic E-state index is 0.190. The van der Waals surface area contributed by atoms with Crippen molar-refractivity contribution in [2.45, 2.75) is 45.7 Å². The molecule has 1 aliphatic rings. The van der Waals surface area contributed by atoms with Crippen LogP contribution in [0.2, 0.25) is 0 Å². The Morgan fingerprint density at radius 2 is 2.31 bits per heavy atom. The first-order chi connectivity index (χ1) is 6.09. The Morgan fingerprint density at radius 1 is 1.62 bits per heavy atom. The van der Waals surface area contributed by atoms with Crippen LogP contribution in [0, 0.1) is 5.92 Å². The molecular weight excluding hydrogens is 164 g/mol. The Balaban J connectivity index is 2.29. The SMILES string of the molecule is CC(C)CNC1CCC(=O)NC1C. The molecule has 0 aromatic rings. The zero-order valence-corrected chi connectivity index (χ0v) is 8.76. The van der Waals surface area contributed by atoms with Crippen LogP contribution in [0.15, 0.2) is 0 Å². The maximum atomic E-state index is 11.0. The lowest BCUT2D eigenvalue weighted by molar-refractivity contribution is -0.123. The molecule has 1 amide bonds. The average Bonchev–Trinajstić information content (AvgIpc) is 2.02. The molecule has 1 heterocycles. The van der Waals surface area contributed by atoms with Crippen LogP contribution in [0.4, 0.5) is 0 Å². The summed E-state index contributed by atoms with van der Waals surface area (Å²) < 4.78 is 0. The van der Waals surface area contributed by atoms with Gasteiger partial charge in [-0.2, -0.15) is 0 Å². The number of hydrogen-bond acceptors (Lipinski definition) is 2. The average molecular weight is 184 g/mol. The Morgan fingerprint density at radius 3 is 2.85 bits per heavy atom. The van der Waals surface area contributed by atoms with Crippen molar-refractivity contribution < 1.29 is 4.79 Å². The zero-order valence-electron chi connectivity index (χ0n) is 8.76. The van der Waals surface area contributed by atoms with Gasteiger partial charge in [0.1, 0.15) is 0 Å². The van der Waals surface area contributed by atoms with Crippen molar-refractivity contribution in [2.75, 3.05) is 6.54 Å². The Hall–Kier alpha value is -0.570. The van der Waals surface area contributed by atoms with Crippen LogP contribution in [0.3, 0.4) is 0 Å². The van der Waals surface area contributed by atoms with Crippen LogP contribution in [-0.2, 0) is 4.79 Å². The molecule has 1 saturated heterocycles. The van der Waals surface area contributed by atoms with E-state index in [4.69, 9.17) is 0 Å². The number of amides is 1. The van der Waals surface area contributed by atoms with Gasteiger partial charge in [0.05, 0.1) is 0 Å². The van der Waals surface area contributed by atoms with Crippen LogP contribution in [-0.4, -0.2) is 24.5 Å². The topological polar surface area (TPSA) is 41.1 Å². The van der Waals surface area contributed by atoms with E-state index in [1.165, 1.54) is 0 Å². The van der Waals surface area contributed by atoms with Crippen molar-refractivity contribution >= 4 is 5.91 Å². The van der Waals surface area contributed by atoms with Crippen LogP contribution in [0.5, 0.6) is 0 Å². The molecule has 0 spiro atoms. The van der Waals surface area contributed by atoms with Gasteiger partial charge in [-0.25, -0.2) is 0 Å². The van der Waals surface area contributed by atoms with Gasteiger partial charge in [0.15, 0.2) is 0 Å². The summed E-state index contributed by atoms with van der Waals surface area (Å²) >= 11 is 0. The van der Waals surface area contributed by atoms with E-state index in [2.05, 4.69) is 31.4 Å². The van der Waals surface area contributed by atoms with Crippen LogP contribution < -0.4 is 10.6 Å². The van der Waals surface area contributed by atoms with E-state index in [0.29, 0.717) is 18.4 Å². The van der Waals surface area contributed by atoms with Gasteiger partial charge in [0.25, 0.3) is 0 Å². The number of carbonyl (C=O) groups is 1. The fraction of sp³-hybridized carbons (Fsp3) is 0.900. The summed E-state index contributed by atoms with van der Waals surface area (Å²) in [5.41, 5.74) is 0. The van der Waals surface area contributed by atoms with Gasteiger partial charge >= 0.3 is 0 Å². The molecular formula is C10H20N2O. The highest BCUT2D eigenvalue weighted by Gasteiger charge is 2.24. The maximum absolute atomic E-state index is 11.0. The Kier molecular flexibility index (Phi) is 3.72. The quantitative estimate of drug-likeness (QED) is 0.684. The monoisotopic (exact) mass is 184 g/mol. The van der Waals surface area contributed by atoms with E-state index in [-0.39, 0.29) is 11.9 Å². The predicted octanol–water partition coefficient (Wildman–Crippen LogP) is 0.899. The van der Waals surface area contributed by atoms with Crippen molar-refractivity contribution in [1.82, 2.24) is 10.6 Å². The molecule has 2 atom stereocenters. The lowest BCUT2D eigenvalue weighted by Crippen LogP contribution is -2.53. The van der Waals surface area contributed by atoms with Gasteiger partial charge in [0, 0.05) is 18.5 Å². The standard InChI is InChI=1S/C10H20N2O/c1-7(2)6-11-9-4-5-10(13)12-8(9)3/h7-9,11H,4-6H2,1-3H3,(H,12,13). The highest BCUT2D eigenvalue weighted by atomic mass is 16.1. The normalized spacial score (nSPS) is 29.1. The van der Waals surface area contributed by atoms with Gasteiger partial charge in [-0.3, -0.25) is 4.79 Å². The minimum atomic E-state index is 0.190. The summed E-state index contributed by atoms with van der Waals surface area (Å²) in [5, 5.41) is 6.43. The molecule has 1 fully saturated rings. The molecule has 0 aromatic carbocycles. The molecule has 0 aromatic heterocycles. The Bertz CT molecular complexity index is 180. The molecule has 13 heavy (non-hydrogen) atoms. The van der Waals surface area contributed by atoms with Gasteiger partial charge in [-0.1, -0.05) is 13.8 Å². The summed E-state index contributed by atoms with van der Waals surface area (Å²) in [7, 11) is 0. The highest BCUT2D eigenvalue weighted by molar-refractivity contribution is 5.77. The zero-order chi connectivity index (χ0) is 9.84. The first-order valence-corrected chi connectivity index (χ1v) is 5.12.